The molecule has 0 bridgehead atoms. The number of para-hydroxylation sites is 1. The van der Waals surface area contributed by atoms with Crippen LogP contribution in [0.5, 0.6) is 0 Å². The number of hydrogen-bond acceptors (Lipinski definition) is 4. The molecule has 0 aliphatic rings. The number of hydrogen-bond donors (Lipinski definition) is 3. The van der Waals surface area contributed by atoms with Crippen LogP contribution in [0.15, 0.2) is 29.2 Å². The maximum atomic E-state index is 11.9. The third-order valence-electron chi connectivity index (χ3n) is 2.86. The van der Waals surface area contributed by atoms with Crippen molar-refractivity contribution in [2.24, 2.45) is 0 Å². The van der Waals surface area contributed by atoms with Crippen molar-refractivity contribution in [3.63, 3.8) is 0 Å². The summed E-state index contributed by atoms with van der Waals surface area (Å²) in [5.74, 6) is -0.912. The highest BCUT2D eigenvalue weighted by Gasteiger charge is 2.19. The Labute approximate surface area is 119 Å². The van der Waals surface area contributed by atoms with E-state index < -0.39 is 16.0 Å². The highest BCUT2D eigenvalue weighted by Crippen LogP contribution is 2.22. The Morgan fingerprint density at radius 2 is 2.00 bits per heavy atom. The van der Waals surface area contributed by atoms with E-state index in [4.69, 9.17) is 5.11 Å². The molecule has 0 aromatic heterocycles. The minimum absolute atomic E-state index is 0.0538. The number of sulfonamides is 1. The van der Waals surface area contributed by atoms with E-state index in [0.29, 0.717) is 12.1 Å². The number of carboxylic acid groups (broad SMARTS) is 1. The summed E-state index contributed by atoms with van der Waals surface area (Å²) in [6.07, 6.45) is 1.41. The second kappa shape index (κ2) is 7.25. The Morgan fingerprint density at radius 1 is 1.35 bits per heavy atom. The number of nitrogens with one attached hydrogen (secondary N) is 2. The average Bonchev–Trinajstić information content (AvgIpc) is 2.38. The predicted octanol–water partition coefficient (Wildman–Crippen LogP) is 1.65. The van der Waals surface area contributed by atoms with Gasteiger partial charge in [0.15, 0.2) is 0 Å². The van der Waals surface area contributed by atoms with E-state index >= 15 is 0 Å². The lowest BCUT2D eigenvalue weighted by atomic mass is 10.1. The summed E-state index contributed by atoms with van der Waals surface area (Å²) in [6.45, 7) is 1.95. The Hall–Kier alpha value is -1.60. The van der Waals surface area contributed by atoms with Gasteiger partial charge >= 0.3 is 5.97 Å². The fraction of sp³-hybridized carbons (Fsp3) is 0.462. The van der Waals surface area contributed by atoms with Gasteiger partial charge in [-0.2, -0.15) is 0 Å². The standard InChI is InChI=1S/C13H20N2O4S/c1-3-6-10(9-13(16)17)15-11-7-4-5-8-12(11)20(18,19)14-2/h4-5,7-8,10,14-15H,3,6,9H2,1-2H3,(H,16,17). The smallest absolute Gasteiger partial charge is 0.305 e. The second-order valence-electron chi connectivity index (χ2n) is 4.43. The van der Waals surface area contributed by atoms with Crippen molar-refractivity contribution in [3.8, 4) is 0 Å². The van der Waals surface area contributed by atoms with Gasteiger partial charge in [-0.1, -0.05) is 25.5 Å². The average molecular weight is 300 g/mol. The molecule has 1 aromatic rings. The molecule has 3 N–H and O–H groups in total. The third-order valence-corrected chi connectivity index (χ3v) is 4.34. The van der Waals surface area contributed by atoms with Crippen molar-refractivity contribution < 1.29 is 18.3 Å². The molecule has 0 saturated heterocycles. The molecule has 0 saturated carbocycles. The summed E-state index contributed by atoms with van der Waals surface area (Å²) >= 11 is 0. The van der Waals surface area contributed by atoms with E-state index in [2.05, 4.69) is 10.0 Å². The van der Waals surface area contributed by atoms with Crippen molar-refractivity contribution in [1.29, 1.82) is 0 Å². The number of rotatable bonds is 8. The van der Waals surface area contributed by atoms with E-state index in [1.807, 2.05) is 6.92 Å². The summed E-state index contributed by atoms with van der Waals surface area (Å²) in [4.78, 5) is 11.0. The topological polar surface area (TPSA) is 95.5 Å². The summed E-state index contributed by atoms with van der Waals surface area (Å²) in [5.41, 5.74) is 0.418. The number of carboxylic acids is 1. The Morgan fingerprint density at radius 3 is 2.55 bits per heavy atom. The van der Waals surface area contributed by atoms with Crippen molar-refractivity contribution in [2.45, 2.75) is 37.1 Å². The maximum absolute atomic E-state index is 11.9. The van der Waals surface area contributed by atoms with E-state index in [-0.39, 0.29) is 17.4 Å². The fourth-order valence-electron chi connectivity index (χ4n) is 1.93. The van der Waals surface area contributed by atoms with Crippen molar-refractivity contribution in [3.05, 3.63) is 24.3 Å². The Balaban J connectivity index is 3.04. The van der Waals surface area contributed by atoms with E-state index in [1.165, 1.54) is 13.1 Å². The zero-order valence-corrected chi connectivity index (χ0v) is 12.4. The molecule has 0 spiro atoms. The van der Waals surface area contributed by atoms with Crippen LogP contribution in [0.3, 0.4) is 0 Å². The van der Waals surface area contributed by atoms with Crippen LogP contribution in [-0.4, -0.2) is 32.6 Å². The number of anilines is 1. The third kappa shape index (κ3) is 4.50. The summed E-state index contributed by atoms with van der Waals surface area (Å²) in [5, 5.41) is 11.9. The number of aliphatic carboxylic acids is 1. The molecular formula is C13H20N2O4S. The van der Waals surface area contributed by atoms with Crippen molar-refractivity contribution in [2.75, 3.05) is 12.4 Å². The number of benzene rings is 1. The minimum Gasteiger partial charge on any atom is -0.481 e. The van der Waals surface area contributed by atoms with Gasteiger partial charge in [0.2, 0.25) is 10.0 Å². The maximum Gasteiger partial charge on any atom is 0.305 e. The van der Waals surface area contributed by atoms with Gasteiger partial charge in [-0.15, -0.1) is 0 Å². The first-order valence-corrected chi connectivity index (χ1v) is 7.90. The van der Waals surface area contributed by atoms with Crippen LogP contribution in [0.25, 0.3) is 0 Å². The lowest BCUT2D eigenvalue weighted by Crippen LogP contribution is -2.26. The molecule has 0 aliphatic carbocycles. The molecule has 7 heteroatoms. The largest absolute Gasteiger partial charge is 0.481 e. The van der Waals surface area contributed by atoms with Crippen molar-refractivity contribution in [1.82, 2.24) is 4.72 Å². The summed E-state index contributed by atoms with van der Waals surface area (Å²) < 4.78 is 26.1. The van der Waals surface area contributed by atoms with Gasteiger partial charge in [0.1, 0.15) is 4.90 Å². The van der Waals surface area contributed by atoms with Crippen LogP contribution in [-0.2, 0) is 14.8 Å². The van der Waals surface area contributed by atoms with Crippen LogP contribution >= 0.6 is 0 Å². The summed E-state index contributed by atoms with van der Waals surface area (Å²) in [6, 6.07) is 6.15. The molecule has 1 aromatic carbocycles. The van der Waals surface area contributed by atoms with E-state index in [9.17, 15) is 13.2 Å². The molecule has 1 unspecified atom stereocenters. The van der Waals surface area contributed by atoms with Gasteiger partial charge < -0.3 is 10.4 Å². The number of carbonyl (C=O) groups is 1. The highest BCUT2D eigenvalue weighted by molar-refractivity contribution is 7.89. The monoisotopic (exact) mass is 300 g/mol. The zero-order valence-electron chi connectivity index (χ0n) is 11.6. The van der Waals surface area contributed by atoms with Crippen LogP contribution in [0.4, 0.5) is 5.69 Å². The Kier molecular flexibility index (Phi) is 5.97. The van der Waals surface area contributed by atoms with Gasteiger partial charge in [0, 0.05) is 6.04 Å². The predicted molar refractivity (Wildman–Crippen MR) is 77.3 cm³/mol. The van der Waals surface area contributed by atoms with Crippen LogP contribution in [0, 0.1) is 0 Å². The first kappa shape index (κ1) is 16.5. The van der Waals surface area contributed by atoms with Crippen LogP contribution in [0.2, 0.25) is 0 Å². The molecule has 0 fully saturated rings. The molecule has 0 radical (unpaired) electrons. The molecule has 6 nitrogen and oxygen atoms in total. The summed E-state index contributed by atoms with van der Waals surface area (Å²) in [7, 11) is -2.24. The minimum atomic E-state index is -3.58. The van der Waals surface area contributed by atoms with Crippen LogP contribution < -0.4 is 10.0 Å². The van der Waals surface area contributed by atoms with Gasteiger partial charge in [-0.3, -0.25) is 4.79 Å². The zero-order chi connectivity index (χ0) is 15.2. The van der Waals surface area contributed by atoms with Gasteiger partial charge in [-0.25, -0.2) is 13.1 Å². The lowest BCUT2D eigenvalue weighted by molar-refractivity contribution is -0.137. The second-order valence-corrected chi connectivity index (χ2v) is 6.29. The molecule has 1 atom stereocenters. The molecule has 20 heavy (non-hydrogen) atoms. The Bertz CT molecular complexity index is 557. The SMILES string of the molecule is CCCC(CC(=O)O)Nc1ccccc1S(=O)(=O)NC. The van der Waals surface area contributed by atoms with Gasteiger partial charge in [0.05, 0.1) is 12.1 Å². The van der Waals surface area contributed by atoms with Crippen molar-refractivity contribution >= 4 is 21.7 Å². The quantitative estimate of drug-likeness (QED) is 0.678. The first-order chi connectivity index (χ1) is 9.40. The molecule has 0 aliphatic heterocycles. The van der Waals surface area contributed by atoms with Crippen LogP contribution in [0.1, 0.15) is 26.2 Å². The fourth-order valence-corrected chi connectivity index (χ4v) is 2.83. The molecule has 1 rings (SSSR count). The first-order valence-electron chi connectivity index (χ1n) is 6.41. The molecule has 0 heterocycles. The van der Waals surface area contributed by atoms with Gasteiger partial charge in [-0.05, 0) is 25.6 Å². The normalized spacial score (nSPS) is 12.9. The van der Waals surface area contributed by atoms with Gasteiger partial charge in [0.25, 0.3) is 0 Å². The van der Waals surface area contributed by atoms with E-state index in [0.717, 1.165) is 6.42 Å². The lowest BCUT2D eigenvalue weighted by Gasteiger charge is -2.19. The molecular weight excluding hydrogens is 280 g/mol. The van der Waals surface area contributed by atoms with E-state index in [1.54, 1.807) is 18.2 Å². The molecule has 0 amide bonds. The molecule has 112 valence electrons. The highest BCUT2D eigenvalue weighted by atomic mass is 32.2.